The maximum Gasteiger partial charge on any atom is 0.264 e. The van der Waals surface area contributed by atoms with Crippen LogP contribution in [-0.2, 0) is 10.5 Å². The smallest absolute Gasteiger partial charge is 0.264 e. The molecule has 5 nitrogen and oxygen atoms in total. The normalized spacial score (nSPS) is 10.5. The Hall–Kier alpha value is -2.45. The number of benzene rings is 2. The summed E-state index contributed by atoms with van der Waals surface area (Å²) in [7, 11) is 0. The molecule has 1 N–H and O–H groups in total. The maximum atomic E-state index is 12.9. The Labute approximate surface area is 158 Å². The molecule has 3 rings (SSSR count). The Kier molecular flexibility index (Phi) is 6.19. The van der Waals surface area contributed by atoms with Gasteiger partial charge in [0.25, 0.3) is 5.91 Å². The molecule has 1 heterocycles. The minimum absolute atomic E-state index is 0.0965. The molecule has 0 aliphatic carbocycles. The van der Waals surface area contributed by atoms with Crippen LogP contribution < -0.4 is 10.1 Å². The number of rotatable bonds is 7. The van der Waals surface area contributed by atoms with E-state index in [2.05, 4.69) is 15.5 Å². The molecule has 0 saturated heterocycles. The van der Waals surface area contributed by atoms with Crippen molar-refractivity contribution in [3.63, 3.8) is 0 Å². The van der Waals surface area contributed by atoms with E-state index in [-0.39, 0.29) is 18.3 Å². The standard InChI is InChI=1S/C18H16FN3O2S2/c1-12-2-8-15(9-3-12)24-10-16(23)20-17-21-22-18(26-17)25-11-13-4-6-14(19)7-5-13/h2-9H,10-11H2,1H3,(H,20,21,23). The predicted molar refractivity (Wildman–Crippen MR) is 101 cm³/mol. The number of ether oxygens (including phenoxy) is 1. The molecule has 8 heteroatoms. The molecule has 0 aliphatic rings. The molecular formula is C18H16FN3O2S2. The van der Waals surface area contributed by atoms with Gasteiger partial charge in [0.2, 0.25) is 5.13 Å². The Balaban J connectivity index is 1.45. The second kappa shape index (κ2) is 8.77. The lowest BCUT2D eigenvalue weighted by Crippen LogP contribution is -2.20. The molecular weight excluding hydrogens is 373 g/mol. The van der Waals surface area contributed by atoms with E-state index in [9.17, 15) is 9.18 Å². The molecule has 134 valence electrons. The van der Waals surface area contributed by atoms with Gasteiger partial charge in [-0.05, 0) is 36.8 Å². The van der Waals surface area contributed by atoms with Crippen molar-refractivity contribution in [1.29, 1.82) is 0 Å². The molecule has 3 aromatic rings. The first-order valence-electron chi connectivity index (χ1n) is 7.78. The average molecular weight is 389 g/mol. The molecule has 0 radical (unpaired) electrons. The summed E-state index contributed by atoms with van der Waals surface area (Å²) >= 11 is 2.77. The summed E-state index contributed by atoms with van der Waals surface area (Å²) in [5.41, 5.74) is 2.12. The third-order valence-corrected chi connectivity index (χ3v) is 5.36. The molecule has 0 saturated carbocycles. The van der Waals surface area contributed by atoms with Gasteiger partial charge in [-0.3, -0.25) is 10.1 Å². The number of aryl methyl sites for hydroxylation is 1. The van der Waals surface area contributed by atoms with Crippen molar-refractivity contribution < 1.29 is 13.9 Å². The van der Waals surface area contributed by atoms with Gasteiger partial charge in [-0.25, -0.2) is 4.39 Å². The first-order chi connectivity index (χ1) is 12.6. The van der Waals surface area contributed by atoms with Crippen molar-refractivity contribution in [1.82, 2.24) is 10.2 Å². The number of nitrogens with zero attached hydrogens (tertiary/aromatic N) is 2. The van der Waals surface area contributed by atoms with Crippen LogP contribution in [0.5, 0.6) is 5.75 Å². The zero-order valence-corrected chi connectivity index (χ0v) is 15.6. The van der Waals surface area contributed by atoms with Crippen LogP contribution in [0, 0.1) is 12.7 Å². The van der Waals surface area contributed by atoms with Crippen LogP contribution >= 0.6 is 23.1 Å². The van der Waals surface area contributed by atoms with Crippen LogP contribution in [0.25, 0.3) is 0 Å². The van der Waals surface area contributed by atoms with Gasteiger partial charge in [-0.15, -0.1) is 10.2 Å². The minimum atomic E-state index is -0.295. The highest BCUT2D eigenvalue weighted by Gasteiger charge is 2.09. The first kappa shape index (κ1) is 18.3. The average Bonchev–Trinajstić information content (AvgIpc) is 3.08. The van der Waals surface area contributed by atoms with Crippen LogP contribution in [0.1, 0.15) is 11.1 Å². The van der Waals surface area contributed by atoms with E-state index in [1.807, 2.05) is 31.2 Å². The second-order valence-electron chi connectivity index (χ2n) is 5.44. The molecule has 0 spiro atoms. The van der Waals surface area contributed by atoms with Crippen molar-refractivity contribution in [3.8, 4) is 5.75 Å². The monoisotopic (exact) mass is 389 g/mol. The molecule has 0 atom stereocenters. The van der Waals surface area contributed by atoms with Crippen LogP contribution in [0.15, 0.2) is 52.9 Å². The largest absolute Gasteiger partial charge is 0.484 e. The van der Waals surface area contributed by atoms with Gasteiger partial charge in [-0.2, -0.15) is 0 Å². The number of hydrogen-bond donors (Lipinski definition) is 1. The van der Waals surface area contributed by atoms with Gasteiger partial charge >= 0.3 is 0 Å². The zero-order chi connectivity index (χ0) is 18.4. The topological polar surface area (TPSA) is 64.1 Å². The highest BCUT2D eigenvalue weighted by atomic mass is 32.2. The lowest BCUT2D eigenvalue weighted by atomic mass is 10.2. The molecule has 2 aromatic carbocycles. The van der Waals surface area contributed by atoms with E-state index in [4.69, 9.17) is 4.74 Å². The number of thioether (sulfide) groups is 1. The van der Waals surface area contributed by atoms with Crippen molar-refractivity contribution in [2.45, 2.75) is 17.0 Å². The molecule has 0 fully saturated rings. The lowest BCUT2D eigenvalue weighted by Gasteiger charge is -2.05. The molecule has 0 aliphatic heterocycles. The minimum Gasteiger partial charge on any atom is -0.484 e. The highest BCUT2D eigenvalue weighted by Crippen LogP contribution is 2.28. The fourth-order valence-electron chi connectivity index (χ4n) is 1.98. The van der Waals surface area contributed by atoms with Gasteiger partial charge < -0.3 is 4.74 Å². The van der Waals surface area contributed by atoms with Crippen molar-refractivity contribution >= 4 is 34.1 Å². The van der Waals surface area contributed by atoms with Gasteiger partial charge in [0, 0.05) is 5.75 Å². The van der Waals surface area contributed by atoms with E-state index in [0.717, 1.165) is 15.5 Å². The number of aromatic nitrogens is 2. The Bertz CT molecular complexity index is 867. The van der Waals surface area contributed by atoms with Crippen molar-refractivity contribution in [2.24, 2.45) is 0 Å². The lowest BCUT2D eigenvalue weighted by molar-refractivity contribution is -0.118. The fraction of sp³-hybridized carbons (Fsp3) is 0.167. The van der Waals surface area contributed by atoms with Gasteiger partial charge in [0.15, 0.2) is 10.9 Å². The molecule has 1 amide bonds. The SMILES string of the molecule is Cc1ccc(OCC(=O)Nc2nnc(SCc3ccc(F)cc3)s2)cc1. The maximum absolute atomic E-state index is 12.9. The predicted octanol–water partition coefficient (Wildman–Crippen LogP) is 4.30. The van der Waals surface area contributed by atoms with Crippen molar-refractivity contribution in [2.75, 3.05) is 11.9 Å². The van der Waals surface area contributed by atoms with Crippen LogP contribution in [0.3, 0.4) is 0 Å². The Morgan fingerprint density at radius 2 is 1.88 bits per heavy atom. The fourth-order valence-corrected chi connectivity index (χ4v) is 3.71. The van der Waals surface area contributed by atoms with Gasteiger partial charge in [-0.1, -0.05) is 52.9 Å². The molecule has 26 heavy (non-hydrogen) atoms. The second-order valence-corrected chi connectivity index (χ2v) is 7.64. The van der Waals surface area contributed by atoms with Crippen LogP contribution in [0.2, 0.25) is 0 Å². The number of carbonyl (C=O) groups is 1. The van der Waals surface area contributed by atoms with E-state index in [0.29, 0.717) is 16.6 Å². The number of hydrogen-bond acceptors (Lipinski definition) is 6. The number of carbonyl (C=O) groups excluding carboxylic acids is 1. The van der Waals surface area contributed by atoms with Crippen molar-refractivity contribution in [3.05, 3.63) is 65.5 Å². The summed E-state index contributed by atoms with van der Waals surface area (Å²) in [5, 5.41) is 11.1. The van der Waals surface area contributed by atoms with E-state index >= 15 is 0 Å². The summed E-state index contributed by atoms with van der Waals surface area (Å²) in [6, 6.07) is 13.8. The molecule has 1 aromatic heterocycles. The third kappa shape index (κ3) is 5.53. The summed E-state index contributed by atoms with van der Waals surface area (Å²) in [4.78, 5) is 11.9. The first-order valence-corrected chi connectivity index (χ1v) is 9.59. The zero-order valence-electron chi connectivity index (χ0n) is 13.9. The van der Waals surface area contributed by atoms with E-state index in [1.54, 1.807) is 12.1 Å². The summed E-state index contributed by atoms with van der Waals surface area (Å²) in [6.07, 6.45) is 0. The summed E-state index contributed by atoms with van der Waals surface area (Å²) < 4.78 is 19.0. The Morgan fingerprint density at radius 3 is 2.62 bits per heavy atom. The number of nitrogens with one attached hydrogen (secondary N) is 1. The number of halogens is 1. The van der Waals surface area contributed by atoms with Crippen LogP contribution in [-0.4, -0.2) is 22.7 Å². The highest BCUT2D eigenvalue weighted by molar-refractivity contribution is 8.00. The van der Waals surface area contributed by atoms with E-state index < -0.39 is 0 Å². The van der Waals surface area contributed by atoms with Crippen LogP contribution in [0.4, 0.5) is 9.52 Å². The molecule has 0 bridgehead atoms. The third-order valence-electron chi connectivity index (χ3n) is 3.32. The number of anilines is 1. The Morgan fingerprint density at radius 1 is 1.15 bits per heavy atom. The summed E-state index contributed by atoms with van der Waals surface area (Å²) in [6.45, 7) is 1.89. The van der Waals surface area contributed by atoms with Gasteiger partial charge in [0.05, 0.1) is 0 Å². The van der Waals surface area contributed by atoms with Gasteiger partial charge in [0.1, 0.15) is 11.6 Å². The molecule has 0 unspecified atom stereocenters. The quantitative estimate of drug-likeness (QED) is 0.482. The summed E-state index contributed by atoms with van der Waals surface area (Å²) in [5.74, 6) is 0.738. The number of amides is 1. The van der Waals surface area contributed by atoms with E-state index in [1.165, 1.54) is 35.2 Å².